The number of carbonyl (C=O) groups excluding carboxylic acids is 1. The maximum Gasteiger partial charge on any atom is 0.306 e. The molecule has 0 unspecified atom stereocenters. The summed E-state index contributed by atoms with van der Waals surface area (Å²) in [6, 6.07) is 0. The summed E-state index contributed by atoms with van der Waals surface area (Å²) in [4.78, 5) is 15.1. The first-order chi connectivity index (χ1) is 6.76. The third kappa shape index (κ3) is 3.63. The topological polar surface area (TPSA) is 52.1 Å². The Morgan fingerprint density at radius 2 is 2.43 bits per heavy atom. The minimum Gasteiger partial charge on any atom is -0.469 e. The highest BCUT2D eigenvalue weighted by molar-refractivity contribution is 8.00. The fourth-order valence-electron chi connectivity index (χ4n) is 0.764. The highest BCUT2D eigenvalue weighted by Gasteiger charge is 2.05. The molecule has 0 aromatic carbocycles. The summed E-state index contributed by atoms with van der Waals surface area (Å²) in [5.74, 6) is 1.39. The molecule has 1 aromatic rings. The van der Waals surface area contributed by atoms with Crippen LogP contribution in [0.5, 0.6) is 0 Å². The van der Waals surface area contributed by atoms with Gasteiger partial charge in [0.15, 0.2) is 4.34 Å². The second-order valence-electron chi connectivity index (χ2n) is 2.50. The lowest BCUT2D eigenvalue weighted by molar-refractivity contribution is -0.140. The van der Waals surface area contributed by atoms with Crippen LogP contribution in [0.3, 0.4) is 0 Å². The first-order valence-corrected chi connectivity index (χ1v) is 6.04. The quantitative estimate of drug-likeness (QED) is 0.572. The highest BCUT2D eigenvalue weighted by Crippen LogP contribution is 2.20. The summed E-state index contributed by atoms with van der Waals surface area (Å²) in [6.07, 6.45) is 1.27. The molecule has 0 saturated heterocycles. The number of aryl methyl sites for hydroxylation is 1. The molecule has 14 heavy (non-hydrogen) atoms. The normalized spacial score (nSPS) is 10.1. The van der Waals surface area contributed by atoms with E-state index < -0.39 is 0 Å². The number of methoxy groups -OCH3 is 1. The third-order valence-corrected chi connectivity index (χ3v) is 3.40. The van der Waals surface area contributed by atoms with E-state index in [2.05, 4.69) is 14.1 Å². The van der Waals surface area contributed by atoms with Crippen LogP contribution in [0.15, 0.2) is 4.34 Å². The van der Waals surface area contributed by atoms with Crippen molar-refractivity contribution in [2.75, 3.05) is 12.9 Å². The number of aromatic nitrogens is 2. The molecule has 0 saturated carbocycles. The van der Waals surface area contributed by atoms with Crippen LogP contribution in [0.4, 0.5) is 0 Å². The van der Waals surface area contributed by atoms with Gasteiger partial charge in [-0.2, -0.15) is 4.37 Å². The molecule has 0 spiro atoms. The number of nitrogens with zero attached hydrogens (tertiary/aromatic N) is 2. The van der Waals surface area contributed by atoms with Crippen LogP contribution < -0.4 is 0 Å². The van der Waals surface area contributed by atoms with Gasteiger partial charge in [0.1, 0.15) is 5.82 Å². The maximum absolute atomic E-state index is 10.8. The van der Waals surface area contributed by atoms with Crippen LogP contribution in [0, 0.1) is 0 Å². The summed E-state index contributed by atoms with van der Waals surface area (Å²) in [6.45, 7) is 2.02. The van der Waals surface area contributed by atoms with Gasteiger partial charge >= 0.3 is 5.97 Å². The molecule has 0 fully saturated rings. The van der Waals surface area contributed by atoms with Crippen LogP contribution >= 0.6 is 23.3 Å². The van der Waals surface area contributed by atoms with Crippen molar-refractivity contribution in [3.63, 3.8) is 0 Å². The van der Waals surface area contributed by atoms with Gasteiger partial charge in [-0.25, -0.2) is 4.98 Å². The monoisotopic (exact) mass is 232 g/mol. The molecule has 4 nitrogen and oxygen atoms in total. The molecule has 1 heterocycles. The van der Waals surface area contributed by atoms with Crippen molar-refractivity contribution in [2.24, 2.45) is 0 Å². The number of carbonyl (C=O) groups is 1. The Balaban J connectivity index is 2.27. The van der Waals surface area contributed by atoms with E-state index in [-0.39, 0.29) is 5.97 Å². The van der Waals surface area contributed by atoms with E-state index in [0.29, 0.717) is 12.2 Å². The van der Waals surface area contributed by atoms with Gasteiger partial charge in [-0.3, -0.25) is 4.79 Å². The minimum absolute atomic E-state index is 0.183. The van der Waals surface area contributed by atoms with Crippen molar-refractivity contribution in [1.29, 1.82) is 0 Å². The Bertz CT molecular complexity index is 301. The Morgan fingerprint density at radius 3 is 3.00 bits per heavy atom. The van der Waals surface area contributed by atoms with Crippen molar-refractivity contribution in [3.05, 3.63) is 5.82 Å². The van der Waals surface area contributed by atoms with E-state index in [1.54, 1.807) is 11.8 Å². The Labute approximate surface area is 91.2 Å². The molecule has 6 heteroatoms. The van der Waals surface area contributed by atoms with Crippen LogP contribution in [-0.4, -0.2) is 28.2 Å². The number of thioether (sulfide) groups is 1. The summed E-state index contributed by atoms with van der Waals surface area (Å²) < 4.78 is 9.60. The Kier molecular flexibility index (Phi) is 4.89. The molecule has 0 aliphatic carbocycles. The predicted octanol–water partition coefficient (Wildman–Crippen LogP) is 1.76. The van der Waals surface area contributed by atoms with Crippen LogP contribution in [0.2, 0.25) is 0 Å². The molecule has 1 rings (SSSR count). The van der Waals surface area contributed by atoms with E-state index in [9.17, 15) is 4.79 Å². The van der Waals surface area contributed by atoms with E-state index in [1.807, 2.05) is 6.92 Å². The van der Waals surface area contributed by atoms with Crippen molar-refractivity contribution in [2.45, 2.75) is 24.1 Å². The third-order valence-electron chi connectivity index (χ3n) is 1.53. The van der Waals surface area contributed by atoms with E-state index in [1.165, 1.54) is 18.6 Å². The number of rotatable bonds is 5. The molecule has 0 radical (unpaired) electrons. The lowest BCUT2D eigenvalue weighted by atomic mass is 10.5. The SMILES string of the molecule is CCc1nsc(SCCC(=O)OC)n1. The molecular formula is C8H12N2O2S2. The van der Waals surface area contributed by atoms with Crippen LogP contribution in [-0.2, 0) is 16.0 Å². The van der Waals surface area contributed by atoms with Gasteiger partial charge in [0, 0.05) is 12.2 Å². The molecule has 78 valence electrons. The van der Waals surface area contributed by atoms with Gasteiger partial charge in [-0.05, 0) is 11.5 Å². The second-order valence-corrected chi connectivity index (χ2v) is 4.60. The zero-order valence-electron chi connectivity index (χ0n) is 8.15. The van der Waals surface area contributed by atoms with Crippen LogP contribution in [0.25, 0.3) is 0 Å². The number of hydrogen-bond acceptors (Lipinski definition) is 6. The smallest absolute Gasteiger partial charge is 0.306 e. The van der Waals surface area contributed by atoms with Gasteiger partial charge in [0.25, 0.3) is 0 Å². The first kappa shape index (κ1) is 11.5. The van der Waals surface area contributed by atoms with E-state index in [0.717, 1.165) is 16.6 Å². The van der Waals surface area contributed by atoms with Gasteiger partial charge in [-0.15, -0.1) is 0 Å². The van der Waals surface area contributed by atoms with Crippen molar-refractivity contribution < 1.29 is 9.53 Å². The molecule has 0 bridgehead atoms. The number of esters is 1. The van der Waals surface area contributed by atoms with Gasteiger partial charge in [0.2, 0.25) is 0 Å². The first-order valence-electron chi connectivity index (χ1n) is 4.28. The average Bonchev–Trinajstić information content (AvgIpc) is 2.65. The number of ether oxygens (including phenoxy) is 1. The maximum atomic E-state index is 10.8. The summed E-state index contributed by atoms with van der Waals surface area (Å²) in [5, 5.41) is 0. The number of hydrogen-bond donors (Lipinski definition) is 0. The predicted molar refractivity (Wildman–Crippen MR) is 56.6 cm³/mol. The van der Waals surface area contributed by atoms with Gasteiger partial charge in [-0.1, -0.05) is 18.7 Å². The van der Waals surface area contributed by atoms with E-state index in [4.69, 9.17) is 0 Å². The standard InChI is InChI=1S/C8H12N2O2S2/c1-3-6-9-8(14-10-6)13-5-4-7(11)12-2/h3-5H2,1-2H3. The van der Waals surface area contributed by atoms with E-state index >= 15 is 0 Å². The Hall–Kier alpha value is -0.620. The molecule has 0 atom stereocenters. The van der Waals surface area contributed by atoms with Gasteiger partial charge in [0.05, 0.1) is 13.5 Å². The molecule has 0 N–H and O–H groups in total. The second kappa shape index (κ2) is 5.98. The highest BCUT2D eigenvalue weighted by atomic mass is 32.2. The largest absolute Gasteiger partial charge is 0.469 e. The zero-order valence-corrected chi connectivity index (χ0v) is 9.78. The average molecular weight is 232 g/mol. The Morgan fingerprint density at radius 1 is 1.64 bits per heavy atom. The lowest BCUT2D eigenvalue weighted by Gasteiger charge is -1.95. The minimum atomic E-state index is -0.183. The van der Waals surface area contributed by atoms with Crippen molar-refractivity contribution >= 4 is 29.3 Å². The molecule has 0 aliphatic rings. The van der Waals surface area contributed by atoms with Crippen molar-refractivity contribution in [1.82, 2.24) is 9.36 Å². The van der Waals surface area contributed by atoms with Gasteiger partial charge < -0.3 is 4.74 Å². The van der Waals surface area contributed by atoms with Crippen molar-refractivity contribution in [3.8, 4) is 0 Å². The van der Waals surface area contributed by atoms with Crippen LogP contribution in [0.1, 0.15) is 19.2 Å². The fourth-order valence-corrected chi connectivity index (χ4v) is 2.45. The summed E-state index contributed by atoms with van der Waals surface area (Å²) >= 11 is 2.93. The fraction of sp³-hybridized carbons (Fsp3) is 0.625. The molecular weight excluding hydrogens is 220 g/mol. The summed E-state index contributed by atoms with van der Waals surface area (Å²) in [7, 11) is 1.40. The molecule has 0 amide bonds. The lowest BCUT2D eigenvalue weighted by Crippen LogP contribution is -2.00. The molecule has 0 aliphatic heterocycles. The summed E-state index contributed by atoms with van der Waals surface area (Å²) in [5.41, 5.74) is 0. The zero-order chi connectivity index (χ0) is 10.4. The molecule has 1 aromatic heterocycles.